The molecule has 0 N–H and O–H groups in total. The highest BCUT2D eigenvalue weighted by atomic mass is 19.3. The SMILES string of the molecule is CCc1cnoc1CCCCOc1c(C)cc(-c2noc(C(C)(F)F)n2)cc1C. The lowest BCUT2D eigenvalue weighted by Gasteiger charge is -2.13. The number of nitrogens with zero attached hydrogens (tertiary/aromatic N) is 3. The Morgan fingerprint density at radius 1 is 1.10 bits per heavy atom. The van der Waals surface area contributed by atoms with Gasteiger partial charge in [0.05, 0.1) is 12.8 Å². The Kier molecular flexibility index (Phi) is 6.30. The fraction of sp³-hybridized carbons (Fsp3) is 0.476. The van der Waals surface area contributed by atoms with Gasteiger partial charge in [-0.2, -0.15) is 13.8 Å². The van der Waals surface area contributed by atoms with Crippen LogP contribution in [-0.2, 0) is 18.8 Å². The van der Waals surface area contributed by atoms with Gasteiger partial charge >= 0.3 is 5.92 Å². The van der Waals surface area contributed by atoms with Crippen molar-refractivity contribution in [3.8, 4) is 17.1 Å². The van der Waals surface area contributed by atoms with E-state index >= 15 is 0 Å². The minimum absolute atomic E-state index is 0.137. The molecule has 3 aromatic rings. The van der Waals surface area contributed by atoms with Crippen molar-refractivity contribution in [3.63, 3.8) is 0 Å². The van der Waals surface area contributed by atoms with E-state index in [1.807, 2.05) is 26.0 Å². The molecule has 0 aliphatic rings. The fourth-order valence-corrected chi connectivity index (χ4v) is 3.17. The fourth-order valence-electron chi connectivity index (χ4n) is 3.17. The molecule has 3 rings (SSSR count). The maximum Gasteiger partial charge on any atom is 0.322 e. The molecule has 0 aliphatic carbocycles. The first-order chi connectivity index (χ1) is 13.8. The summed E-state index contributed by atoms with van der Waals surface area (Å²) in [5.74, 6) is -1.99. The quantitative estimate of drug-likeness (QED) is 0.443. The van der Waals surface area contributed by atoms with Crippen molar-refractivity contribution in [1.82, 2.24) is 15.3 Å². The van der Waals surface area contributed by atoms with Gasteiger partial charge in [0, 0.05) is 24.5 Å². The summed E-state index contributed by atoms with van der Waals surface area (Å²) < 4.78 is 42.6. The average Bonchev–Trinajstić information content (AvgIpc) is 3.32. The van der Waals surface area contributed by atoms with Crippen LogP contribution in [0.2, 0.25) is 0 Å². The van der Waals surface area contributed by atoms with Crippen LogP contribution >= 0.6 is 0 Å². The number of unbranched alkanes of at least 4 members (excludes halogenated alkanes) is 1. The zero-order chi connectivity index (χ0) is 21.0. The number of benzene rings is 1. The monoisotopic (exact) mass is 405 g/mol. The van der Waals surface area contributed by atoms with Crippen molar-refractivity contribution in [2.45, 2.75) is 59.3 Å². The van der Waals surface area contributed by atoms with Gasteiger partial charge in [0.25, 0.3) is 5.89 Å². The molecule has 0 saturated carbocycles. The Labute approximate surface area is 168 Å². The minimum atomic E-state index is -3.16. The smallest absolute Gasteiger partial charge is 0.322 e. The molecule has 0 saturated heterocycles. The molecule has 2 aromatic heterocycles. The second-order valence-corrected chi connectivity index (χ2v) is 7.18. The van der Waals surface area contributed by atoms with Crippen molar-refractivity contribution in [3.05, 3.63) is 46.7 Å². The van der Waals surface area contributed by atoms with Gasteiger partial charge in [-0.05, 0) is 56.4 Å². The Bertz CT molecular complexity index is 937. The number of aryl methyl sites for hydroxylation is 4. The summed E-state index contributed by atoms with van der Waals surface area (Å²) >= 11 is 0. The first-order valence-corrected chi connectivity index (χ1v) is 9.68. The number of rotatable bonds is 9. The predicted octanol–water partition coefficient (Wildman–Crippen LogP) is 5.42. The van der Waals surface area contributed by atoms with Crippen molar-refractivity contribution in [1.29, 1.82) is 0 Å². The largest absolute Gasteiger partial charge is 0.493 e. The van der Waals surface area contributed by atoms with Crippen molar-refractivity contribution < 1.29 is 22.6 Å². The zero-order valence-corrected chi connectivity index (χ0v) is 17.1. The van der Waals surface area contributed by atoms with Crippen LogP contribution in [0, 0.1) is 13.8 Å². The van der Waals surface area contributed by atoms with Crippen molar-refractivity contribution >= 4 is 0 Å². The van der Waals surface area contributed by atoms with Crippen LogP contribution in [-0.4, -0.2) is 21.9 Å². The average molecular weight is 405 g/mol. The van der Waals surface area contributed by atoms with Crippen molar-refractivity contribution in [2.75, 3.05) is 6.61 Å². The Hall–Kier alpha value is -2.77. The molecule has 6 nitrogen and oxygen atoms in total. The van der Waals surface area contributed by atoms with Crippen LogP contribution in [0.4, 0.5) is 8.78 Å². The molecule has 0 aliphatic heterocycles. The number of hydrogen-bond acceptors (Lipinski definition) is 6. The van der Waals surface area contributed by atoms with Crippen molar-refractivity contribution in [2.24, 2.45) is 0 Å². The van der Waals surface area contributed by atoms with E-state index in [1.165, 1.54) is 0 Å². The van der Waals surface area contributed by atoms with Gasteiger partial charge in [-0.3, -0.25) is 0 Å². The standard InChI is InChI=1S/C21H25F2N3O3/c1-5-15-12-24-28-17(15)8-6-7-9-27-18-13(2)10-16(11-14(18)3)19-25-20(29-26-19)21(4,22)23/h10-12H,5-9H2,1-4H3. The van der Waals surface area contributed by atoms with E-state index in [4.69, 9.17) is 9.26 Å². The molecule has 29 heavy (non-hydrogen) atoms. The second-order valence-electron chi connectivity index (χ2n) is 7.18. The highest BCUT2D eigenvalue weighted by Crippen LogP contribution is 2.31. The summed E-state index contributed by atoms with van der Waals surface area (Å²) in [6, 6.07) is 3.62. The molecule has 0 amide bonds. The van der Waals surface area contributed by atoms with Crippen LogP contribution in [0.5, 0.6) is 5.75 Å². The maximum atomic E-state index is 13.3. The summed E-state index contributed by atoms with van der Waals surface area (Å²) in [6.07, 6.45) is 5.34. The molecular weight excluding hydrogens is 380 g/mol. The van der Waals surface area contributed by atoms with Crippen LogP contribution in [0.3, 0.4) is 0 Å². The molecule has 0 spiro atoms. The predicted molar refractivity (Wildman–Crippen MR) is 103 cm³/mol. The maximum absolute atomic E-state index is 13.3. The summed E-state index contributed by atoms with van der Waals surface area (Å²) in [7, 11) is 0. The number of alkyl halides is 2. The molecule has 1 aromatic carbocycles. The lowest BCUT2D eigenvalue weighted by atomic mass is 10.1. The summed E-state index contributed by atoms with van der Waals surface area (Å²) in [5.41, 5.74) is 3.54. The Morgan fingerprint density at radius 2 is 1.83 bits per heavy atom. The van der Waals surface area contributed by atoms with Gasteiger partial charge in [-0.25, -0.2) is 0 Å². The van der Waals surface area contributed by atoms with E-state index in [-0.39, 0.29) is 5.82 Å². The molecule has 0 atom stereocenters. The minimum Gasteiger partial charge on any atom is -0.493 e. The van der Waals surface area contributed by atoms with Crippen LogP contribution in [0.1, 0.15) is 55.0 Å². The molecule has 8 heteroatoms. The second kappa shape index (κ2) is 8.71. The van der Waals surface area contributed by atoms with Crippen LogP contribution in [0.25, 0.3) is 11.4 Å². The first-order valence-electron chi connectivity index (χ1n) is 9.68. The van der Waals surface area contributed by atoms with E-state index in [0.717, 1.165) is 60.8 Å². The van der Waals surface area contributed by atoms with Gasteiger partial charge in [-0.15, -0.1) is 0 Å². The highest BCUT2D eigenvalue weighted by molar-refractivity contribution is 5.61. The summed E-state index contributed by atoms with van der Waals surface area (Å²) in [5, 5.41) is 7.51. The number of ether oxygens (including phenoxy) is 1. The third kappa shape index (κ3) is 4.99. The van der Waals surface area contributed by atoms with E-state index in [9.17, 15) is 8.78 Å². The molecule has 0 radical (unpaired) electrons. The molecule has 0 fully saturated rings. The van der Waals surface area contributed by atoms with E-state index in [0.29, 0.717) is 12.2 Å². The van der Waals surface area contributed by atoms with E-state index < -0.39 is 11.8 Å². The van der Waals surface area contributed by atoms with Crippen LogP contribution in [0.15, 0.2) is 27.4 Å². The molecular formula is C21H25F2N3O3. The van der Waals surface area contributed by atoms with Gasteiger partial charge in [0.15, 0.2) is 0 Å². The van der Waals surface area contributed by atoms with Crippen LogP contribution < -0.4 is 4.74 Å². The highest BCUT2D eigenvalue weighted by Gasteiger charge is 2.32. The van der Waals surface area contributed by atoms with E-state index in [1.54, 1.807) is 6.20 Å². The first kappa shape index (κ1) is 21.0. The van der Waals surface area contributed by atoms with Gasteiger partial charge in [-0.1, -0.05) is 17.2 Å². The third-order valence-electron chi connectivity index (χ3n) is 4.68. The third-order valence-corrected chi connectivity index (χ3v) is 4.68. The van der Waals surface area contributed by atoms with Gasteiger partial charge in [0.1, 0.15) is 11.5 Å². The lowest BCUT2D eigenvalue weighted by molar-refractivity contribution is -0.0158. The normalized spacial score (nSPS) is 11.8. The topological polar surface area (TPSA) is 74.2 Å². The van der Waals surface area contributed by atoms with E-state index in [2.05, 4.69) is 26.7 Å². The Morgan fingerprint density at radius 3 is 2.45 bits per heavy atom. The lowest BCUT2D eigenvalue weighted by Crippen LogP contribution is -2.07. The summed E-state index contributed by atoms with van der Waals surface area (Å²) in [6.45, 7) is 7.19. The molecule has 0 bridgehead atoms. The number of aromatic nitrogens is 3. The molecule has 2 heterocycles. The van der Waals surface area contributed by atoms with Gasteiger partial charge in [0.2, 0.25) is 5.82 Å². The zero-order valence-electron chi connectivity index (χ0n) is 17.1. The van der Waals surface area contributed by atoms with Gasteiger partial charge < -0.3 is 13.8 Å². The molecule has 156 valence electrons. The molecule has 0 unspecified atom stereocenters. The number of hydrogen-bond donors (Lipinski definition) is 0. The summed E-state index contributed by atoms with van der Waals surface area (Å²) in [4.78, 5) is 3.81. The Balaban J connectivity index is 1.59. The number of halogens is 2.